The lowest BCUT2D eigenvalue weighted by Crippen LogP contribution is -2.03. The van der Waals surface area contributed by atoms with Crippen LogP contribution in [-0.2, 0) is 13.2 Å². The van der Waals surface area contributed by atoms with E-state index in [1.54, 1.807) is 7.11 Å². The minimum absolute atomic E-state index is 0.297. The highest BCUT2D eigenvalue weighted by atomic mass is 79.9. The highest BCUT2D eigenvalue weighted by molar-refractivity contribution is 9.10. The summed E-state index contributed by atoms with van der Waals surface area (Å²) in [5, 5.41) is 9.73. The summed E-state index contributed by atoms with van der Waals surface area (Å²) in [6.45, 7) is 3.21. The maximum Gasteiger partial charge on any atom is 0.175 e. The average Bonchev–Trinajstić information content (AvgIpc) is 2.96. The van der Waals surface area contributed by atoms with E-state index in [0.29, 0.717) is 52.9 Å². The average molecular weight is 649 g/mol. The SMILES string of the molecule is CCOc1cc(COc2c(Br)cc(/C=C(\C#N)c3ccc(Br)cc3)cc2OC)ccc1OCc1ccccc1. The highest BCUT2D eigenvalue weighted by Crippen LogP contribution is 2.39. The van der Waals surface area contributed by atoms with Crippen LogP contribution < -0.4 is 18.9 Å². The van der Waals surface area contributed by atoms with Gasteiger partial charge < -0.3 is 18.9 Å². The molecule has 0 heterocycles. The molecule has 0 saturated carbocycles. The van der Waals surface area contributed by atoms with Gasteiger partial charge in [0.1, 0.15) is 13.2 Å². The van der Waals surface area contributed by atoms with E-state index in [4.69, 9.17) is 18.9 Å². The second kappa shape index (κ2) is 13.9. The molecule has 0 N–H and O–H groups in total. The molecule has 0 aliphatic carbocycles. The number of benzene rings is 4. The van der Waals surface area contributed by atoms with Gasteiger partial charge in [0.25, 0.3) is 0 Å². The van der Waals surface area contributed by atoms with Crippen molar-refractivity contribution in [2.75, 3.05) is 13.7 Å². The number of ether oxygens (including phenoxy) is 4. The minimum Gasteiger partial charge on any atom is -0.493 e. The zero-order valence-corrected chi connectivity index (χ0v) is 24.8. The van der Waals surface area contributed by atoms with Gasteiger partial charge in [0.2, 0.25) is 0 Å². The van der Waals surface area contributed by atoms with E-state index < -0.39 is 0 Å². The lowest BCUT2D eigenvalue weighted by Gasteiger charge is -2.16. The summed E-state index contributed by atoms with van der Waals surface area (Å²) in [4.78, 5) is 0. The van der Waals surface area contributed by atoms with E-state index in [1.807, 2.05) is 97.9 Å². The van der Waals surface area contributed by atoms with Crippen molar-refractivity contribution in [1.29, 1.82) is 5.26 Å². The third kappa shape index (κ3) is 7.66. The lowest BCUT2D eigenvalue weighted by molar-refractivity contribution is 0.265. The number of nitriles is 1. The smallest absolute Gasteiger partial charge is 0.175 e. The maximum absolute atomic E-state index is 9.73. The summed E-state index contributed by atoms with van der Waals surface area (Å²) in [6.07, 6.45) is 1.82. The highest BCUT2D eigenvalue weighted by Gasteiger charge is 2.14. The predicted molar refractivity (Wildman–Crippen MR) is 161 cm³/mol. The normalized spacial score (nSPS) is 11.0. The molecule has 0 bridgehead atoms. The zero-order chi connectivity index (χ0) is 27.6. The van der Waals surface area contributed by atoms with Gasteiger partial charge in [-0.25, -0.2) is 0 Å². The largest absolute Gasteiger partial charge is 0.493 e. The van der Waals surface area contributed by atoms with E-state index >= 15 is 0 Å². The Morgan fingerprint density at radius 3 is 2.23 bits per heavy atom. The topological polar surface area (TPSA) is 60.7 Å². The molecular formula is C32H27Br2NO4. The molecule has 4 aromatic carbocycles. The Kier molecular flexibility index (Phi) is 10.1. The number of nitrogens with zero attached hydrogens (tertiary/aromatic N) is 1. The predicted octanol–water partition coefficient (Wildman–Crippen LogP) is 8.84. The molecule has 4 aromatic rings. The summed E-state index contributed by atoms with van der Waals surface area (Å²) in [5.41, 5.74) is 4.19. The van der Waals surface area contributed by atoms with E-state index in [1.165, 1.54) is 0 Å². The Balaban J connectivity index is 1.51. The van der Waals surface area contributed by atoms with E-state index in [9.17, 15) is 5.26 Å². The number of hydrogen-bond donors (Lipinski definition) is 0. The van der Waals surface area contributed by atoms with Crippen LogP contribution in [0.1, 0.15) is 29.2 Å². The third-order valence-electron chi connectivity index (χ3n) is 5.77. The number of allylic oxidation sites excluding steroid dienone is 1. The van der Waals surface area contributed by atoms with Crippen LogP contribution in [0.15, 0.2) is 93.9 Å². The van der Waals surface area contributed by atoms with Gasteiger partial charge >= 0.3 is 0 Å². The van der Waals surface area contributed by atoms with E-state index in [-0.39, 0.29) is 0 Å². The molecule has 5 nitrogen and oxygen atoms in total. The van der Waals surface area contributed by atoms with Gasteiger partial charge in [-0.1, -0.05) is 64.5 Å². The summed E-state index contributed by atoms with van der Waals surface area (Å²) in [7, 11) is 1.59. The van der Waals surface area contributed by atoms with Gasteiger partial charge in [0, 0.05) is 4.47 Å². The minimum atomic E-state index is 0.297. The van der Waals surface area contributed by atoms with Gasteiger partial charge in [-0.05, 0) is 87.6 Å². The van der Waals surface area contributed by atoms with Gasteiger partial charge in [-0.3, -0.25) is 0 Å². The van der Waals surface area contributed by atoms with Crippen LogP contribution in [0.4, 0.5) is 0 Å². The van der Waals surface area contributed by atoms with E-state index in [2.05, 4.69) is 37.9 Å². The van der Waals surface area contributed by atoms with Crippen LogP contribution in [0.2, 0.25) is 0 Å². The standard InChI is InChI=1S/C32H27Br2NO4/c1-3-37-30-17-23(9-14-29(30)38-20-22-7-5-4-6-8-22)21-39-32-28(34)16-24(18-31(32)36-2)15-26(19-35)25-10-12-27(33)13-11-25/h4-18H,3,20-21H2,1-2H3/b26-15+. The molecule has 0 unspecified atom stereocenters. The molecule has 0 fully saturated rings. The van der Waals surface area contributed by atoms with Crippen molar-refractivity contribution < 1.29 is 18.9 Å². The molecule has 0 aliphatic rings. The fourth-order valence-corrected chi connectivity index (χ4v) is 4.70. The molecule has 0 amide bonds. The fourth-order valence-electron chi connectivity index (χ4n) is 3.86. The lowest BCUT2D eigenvalue weighted by atomic mass is 10.0. The Morgan fingerprint density at radius 1 is 0.795 bits per heavy atom. The number of hydrogen-bond acceptors (Lipinski definition) is 5. The molecule has 0 radical (unpaired) electrons. The quantitative estimate of drug-likeness (QED) is 0.120. The Labute approximate surface area is 245 Å². The molecule has 0 spiro atoms. The van der Waals surface area contributed by atoms with Crippen LogP contribution in [-0.4, -0.2) is 13.7 Å². The van der Waals surface area contributed by atoms with Gasteiger partial charge in [0.05, 0.1) is 29.8 Å². The molecule has 0 aromatic heterocycles. The van der Waals surface area contributed by atoms with Crippen LogP contribution in [0.25, 0.3) is 11.6 Å². The summed E-state index contributed by atoms with van der Waals surface area (Å²) < 4.78 is 25.3. The van der Waals surface area contributed by atoms with E-state index in [0.717, 1.165) is 26.7 Å². The molecular weight excluding hydrogens is 622 g/mol. The molecule has 7 heteroatoms. The second-order valence-electron chi connectivity index (χ2n) is 8.49. The second-order valence-corrected chi connectivity index (χ2v) is 10.3. The molecule has 0 aliphatic heterocycles. The molecule has 0 saturated heterocycles. The number of methoxy groups -OCH3 is 1. The summed E-state index contributed by atoms with van der Waals surface area (Å²) in [6, 6.07) is 29.4. The Hall–Kier alpha value is -3.73. The number of rotatable bonds is 11. The first kappa shape index (κ1) is 28.3. The van der Waals surface area contributed by atoms with Crippen LogP contribution >= 0.6 is 31.9 Å². The molecule has 39 heavy (non-hydrogen) atoms. The van der Waals surface area contributed by atoms with Gasteiger partial charge in [-0.2, -0.15) is 5.26 Å². The molecule has 198 valence electrons. The monoisotopic (exact) mass is 647 g/mol. The van der Waals surface area contributed by atoms with Crippen LogP contribution in [0.3, 0.4) is 0 Å². The number of halogens is 2. The van der Waals surface area contributed by atoms with Crippen molar-refractivity contribution in [3.63, 3.8) is 0 Å². The zero-order valence-electron chi connectivity index (χ0n) is 21.6. The van der Waals surface area contributed by atoms with Crippen LogP contribution in [0.5, 0.6) is 23.0 Å². The summed E-state index contributed by atoms with van der Waals surface area (Å²) in [5.74, 6) is 2.46. The Bertz CT molecular complexity index is 1480. The third-order valence-corrected chi connectivity index (χ3v) is 6.88. The first-order valence-electron chi connectivity index (χ1n) is 12.3. The van der Waals surface area contributed by atoms with Crippen molar-refractivity contribution in [2.45, 2.75) is 20.1 Å². The van der Waals surface area contributed by atoms with Crippen molar-refractivity contribution in [3.8, 4) is 29.1 Å². The first-order valence-corrected chi connectivity index (χ1v) is 13.9. The van der Waals surface area contributed by atoms with Gasteiger partial charge in [-0.15, -0.1) is 0 Å². The molecule has 4 rings (SSSR count). The molecule has 0 atom stereocenters. The fraction of sp³-hybridized carbons (Fsp3) is 0.156. The Morgan fingerprint density at radius 2 is 1.54 bits per heavy atom. The summed E-state index contributed by atoms with van der Waals surface area (Å²) >= 11 is 7.05. The van der Waals surface area contributed by atoms with Crippen molar-refractivity contribution in [1.82, 2.24) is 0 Å². The van der Waals surface area contributed by atoms with Gasteiger partial charge in [0.15, 0.2) is 23.0 Å². The van der Waals surface area contributed by atoms with Crippen molar-refractivity contribution >= 4 is 43.5 Å². The van der Waals surface area contributed by atoms with Crippen molar-refractivity contribution in [2.24, 2.45) is 0 Å². The first-order chi connectivity index (χ1) is 19.0. The van der Waals surface area contributed by atoms with Crippen molar-refractivity contribution in [3.05, 3.63) is 116 Å². The maximum atomic E-state index is 9.73. The van der Waals surface area contributed by atoms with Crippen LogP contribution in [0, 0.1) is 11.3 Å².